The van der Waals surface area contributed by atoms with Crippen LogP contribution in [0.3, 0.4) is 0 Å². The molecule has 3 heteroatoms. The zero-order chi connectivity index (χ0) is 14.9. The normalized spacial score (nSPS) is 33.8. The SMILES string of the molecule is CCCC1(C(=O)O)CCN(C2CCCC(C3CC3)C2)CC1. The van der Waals surface area contributed by atoms with Crippen LogP contribution in [0.2, 0.25) is 0 Å². The van der Waals surface area contributed by atoms with E-state index in [0.717, 1.165) is 56.7 Å². The van der Waals surface area contributed by atoms with E-state index in [-0.39, 0.29) is 0 Å². The second-order valence-corrected chi connectivity index (χ2v) is 7.79. The smallest absolute Gasteiger partial charge is 0.309 e. The van der Waals surface area contributed by atoms with Crippen molar-refractivity contribution in [2.75, 3.05) is 13.1 Å². The summed E-state index contributed by atoms with van der Waals surface area (Å²) in [5.41, 5.74) is -0.421. The van der Waals surface area contributed by atoms with Crippen LogP contribution in [0.15, 0.2) is 0 Å². The third-order valence-corrected chi connectivity index (χ3v) is 6.43. The lowest BCUT2D eigenvalue weighted by atomic mass is 9.73. The van der Waals surface area contributed by atoms with Crippen molar-refractivity contribution in [3.8, 4) is 0 Å². The fourth-order valence-corrected chi connectivity index (χ4v) is 4.89. The van der Waals surface area contributed by atoms with Gasteiger partial charge >= 0.3 is 5.97 Å². The summed E-state index contributed by atoms with van der Waals surface area (Å²) < 4.78 is 0. The van der Waals surface area contributed by atoms with Crippen LogP contribution < -0.4 is 0 Å². The molecule has 1 N–H and O–H groups in total. The molecular formula is C18H31NO2. The van der Waals surface area contributed by atoms with Crippen molar-refractivity contribution >= 4 is 5.97 Å². The lowest BCUT2D eigenvalue weighted by Crippen LogP contribution is -2.49. The summed E-state index contributed by atoms with van der Waals surface area (Å²) in [5, 5.41) is 9.62. The maximum atomic E-state index is 11.7. The van der Waals surface area contributed by atoms with Crippen molar-refractivity contribution in [3.05, 3.63) is 0 Å². The largest absolute Gasteiger partial charge is 0.481 e. The van der Waals surface area contributed by atoms with Crippen LogP contribution in [0.5, 0.6) is 0 Å². The molecule has 2 aliphatic carbocycles. The van der Waals surface area contributed by atoms with Gasteiger partial charge in [-0.15, -0.1) is 0 Å². The molecule has 1 saturated heterocycles. The first kappa shape index (κ1) is 15.3. The van der Waals surface area contributed by atoms with Gasteiger partial charge in [-0.25, -0.2) is 0 Å². The molecule has 3 nitrogen and oxygen atoms in total. The van der Waals surface area contributed by atoms with Gasteiger partial charge in [-0.3, -0.25) is 4.79 Å². The highest BCUT2D eigenvalue weighted by molar-refractivity contribution is 5.74. The molecule has 0 bridgehead atoms. The first-order chi connectivity index (χ1) is 10.1. The third kappa shape index (κ3) is 3.28. The van der Waals surface area contributed by atoms with Crippen molar-refractivity contribution in [2.45, 2.75) is 77.2 Å². The van der Waals surface area contributed by atoms with Crippen molar-refractivity contribution in [2.24, 2.45) is 17.3 Å². The van der Waals surface area contributed by atoms with Crippen LogP contribution in [0.4, 0.5) is 0 Å². The number of hydrogen-bond acceptors (Lipinski definition) is 2. The molecular weight excluding hydrogens is 262 g/mol. The van der Waals surface area contributed by atoms with E-state index in [1.54, 1.807) is 0 Å². The van der Waals surface area contributed by atoms with Gasteiger partial charge < -0.3 is 10.0 Å². The summed E-state index contributed by atoms with van der Waals surface area (Å²) >= 11 is 0. The number of likely N-dealkylation sites (tertiary alicyclic amines) is 1. The molecule has 0 aromatic heterocycles. The molecule has 0 amide bonds. The fraction of sp³-hybridized carbons (Fsp3) is 0.944. The van der Waals surface area contributed by atoms with E-state index in [9.17, 15) is 9.90 Å². The Labute approximate surface area is 129 Å². The number of aliphatic carboxylic acids is 1. The van der Waals surface area contributed by atoms with Crippen molar-refractivity contribution in [1.29, 1.82) is 0 Å². The quantitative estimate of drug-likeness (QED) is 0.835. The highest BCUT2D eigenvalue weighted by atomic mass is 16.4. The maximum absolute atomic E-state index is 11.7. The number of carboxylic acids is 1. The molecule has 3 rings (SSSR count). The first-order valence-electron chi connectivity index (χ1n) is 9.12. The van der Waals surface area contributed by atoms with Gasteiger partial charge in [0.05, 0.1) is 5.41 Å². The van der Waals surface area contributed by atoms with Crippen LogP contribution in [-0.4, -0.2) is 35.1 Å². The summed E-state index contributed by atoms with van der Waals surface area (Å²) in [7, 11) is 0. The minimum atomic E-state index is -0.552. The monoisotopic (exact) mass is 293 g/mol. The Balaban J connectivity index is 1.55. The molecule has 2 unspecified atom stereocenters. The Bertz CT molecular complexity index is 369. The minimum Gasteiger partial charge on any atom is -0.481 e. The molecule has 120 valence electrons. The third-order valence-electron chi connectivity index (χ3n) is 6.43. The van der Waals surface area contributed by atoms with Gasteiger partial charge in [-0.1, -0.05) is 26.2 Å². The Morgan fingerprint density at radius 1 is 1.14 bits per heavy atom. The van der Waals surface area contributed by atoms with Crippen LogP contribution in [0.1, 0.15) is 71.1 Å². The Morgan fingerprint density at radius 2 is 1.86 bits per heavy atom. The van der Waals surface area contributed by atoms with Gasteiger partial charge in [0.1, 0.15) is 0 Å². The molecule has 1 aliphatic heterocycles. The number of hydrogen-bond donors (Lipinski definition) is 1. The maximum Gasteiger partial charge on any atom is 0.309 e. The number of carboxylic acid groups (broad SMARTS) is 1. The Kier molecular flexibility index (Phi) is 4.58. The predicted molar refractivity (Wildman–Crippen MR) is 84.3 cm³/mol. The molecule has 2 atom stereocenters. The standard InChI is InChI=1S/C18H31NO2/c1-2-8-18(17(20)21)9-11-19(12-10-18)16-5-3-4-15(13-16)14-6-7-14/h14-16H,2-13H2,1H3,(H,20,21). The van der Waals surface area contributed by atoms with E-state index in [1.807, 2.05) is 0 Å². The Morgan fingerprint density at radius 3 is 2.43 bits per heavy atom. The van der Waals surface area contributed by atoms with Crippen LogP contribution in [0, 0.1) is 17.3 Å². The molecule has 21 heavy (non-hydrogen) atoms. The number of piperidine rings is 1. The van der Waals surface area contributed by atoms with Gasteiger partial charge in [0.2, 0.25) is 0 Å². The summed E-state index contributed by atoms with van der Waals surface area (Å²) in [6.07, 6.45) is 12.1. The molecule has 0 aromatic carbocycles. The summed E-state index contributed by atoms with van der Waals surface area (Å²) in [6, 6.07) is 0.748. The molecule has 0 spiro atoms. The lowest BCUT2D eigenvalue weighted by Gasteiger charge is -2.44. The molecule has 0 radical (unpaired) electrons. The van der Waals surface area contributed by atoms with E-state index in [4.69, 9.17) is 0 Å². The number of rotatable bonds is 5. The number of nitrogens with zero attached hydrogens (tertiary/aromatic N) is 1. The highest BCUT2D eigenvalue weighted by Gasteiger charge is 2.43. The zero-order valence-electron chi connectivity index (χ0n) is 13.5. The second kappa shape index (κ2) is 6.28. The van der Waals surface area contributed by atoms with Gasteiger partial charge in [0, 0.05) is 6.04 Å². The average Bonchev–Trinajstić information content (AvgIpc) is 3.33. The summed E-state index contributed by atoms with van der Waals surface area (Å²) in [5.74, 6) is 1.46. The Hall–Kier alpha value is -0.570. The topological polar surface area (TPSA) is 40.5 Å². The van der Waals surface area contributed by atoms with Crippen LogP contribution in [-0.2, 0) is 4.79 Å². The molecule has 3 fully saturated rings. The summed E-state index contributed by atoms with van der Waals surface area (Å²) in [4.78, 5) is 14.3. The first-order valence-corrected chi connectivity index (χ1v) is 9.12. The van der Waals surface area contributed by atoms with Gasteiger partial charge in [-0.05, 0) is 69.9 Å². The van der Waals surface area contributed by atoms with Crippen LogP contribution >= 0.6 is 0 Å². The van der Waals surface area contributed by atoms with Gasteiger partial charge in [0.25, 0.3) is 0 Å². The molecule has 0 aromatic rings. The second-order valence-electron chi connectivity index (χ2n) is 7.79. The molecule has 3 aliphatic rings. The summed E-state index contributed by atoms with van der Waals surface area (Å²) in [6.45, 7) is 4.13. The predicted octanol–water partition coefficient (Wildman–Crippen LogP) is 3.92. The highest BCUT2D eigenvalue weighted by Crippen LogP contribution is 2.46. The fourth-order valence-electron chi connectivity index (χ4n) is 4.89. The van der Waals surface area contributed by atoms with E-state index < -0.39 is 11.4 Å². The van der Waals surface area contributed by atoms with Crippen molar-refractivity contribution in [1.82, 2.24) is 4.90 Å². The average molecular weight is 293 g/mol. The molecule has 2 saturated carbocycles. The zero-order valence-corrected chi connectivity index (χ0v) is 13.5. The lowest BCUT2D eigenvalue weighted by molar-refractivity contribution is -0.153. The van der Waals surface area contributed by atoms with E-state index in [1.165, 1.54) is 38.5 Å². The van der Waals surface area contributed by atoms with Crippen molar-refractivity contribution in [3.63, 3.8) is 0 Å². The molecule has 1 heterocycles. The van der Waals surface area contributed by atoms with Crippen LogP contribution in [0.25, 0.3) is 0 Å². The minimum absolute atomic E-state index is 0.421. The van der Waals surface area contributed by atoms with Crippen molar-refractivity contribution < 1.29 is 9.90 Å². The van der Waals surface area contributed by atoms with E-state index in [0.29, 0.717) is 0 Å². The van der Waals surface area contributed by atoms with Gasteiger partial charge in [-0.2, -0.15) is 0 Å². The van der Waals surface area contributed by atoms with E-state index in [2.05, 4.69) is 11.8 Å². The van der Waals surface area contributed by atoms with E-state index >= 15 is 0 Å². The number of carbonyl (C=O) groups is 1. The van der Waals surface area contributed by atoms with Gasteiger partial charge in [0.15, 0.2) is 0 Å².